The Morgan fingerprint density at radius 3 is 2.54 bits per heavy atom. The van der Waals surface area contributed by atoms with E-state index in [0.29, 0.717) is 11.5 Å². The Hall–Kier alpha value is -1.84. The van der Waals surface area contributed by atoms with Gasteiger partial charge in [-0.1, -0.05) is 12.1 Å². The summed E-state index contributed by atoms with van der Waals surface area (Å²) in [5.74, 6) is 0.470. The van der Waals surface area contributed by atoms with E-state index in [9.17, 15) is 0 Å². The molecule has 0 aliphatic heterocycles. The van der Waals surface area contributed by atoms with E-state index in [0.717, 1.165) is 5.69 Å². The summed E-state index contributed by atoms with van der Waals surface area (Å²) in [4.78, 5) is 1.73. The number of hydrogen-bond donors (Lipinski definition) is 3. The van der Waals surface area contributed by atoms with E-state index in [1.54, 1.807) is 4.90 Å². The largest absolute Gasteiger partial charge is 0.402 e. The zero-order valence-electron chi connectivity index (χ0n) is 7.57. The highest BCUT2D eigenvalue weighted by atomic mass is 15.2. The Balaban J connectivity index is 3.02. The lowest BCUT2D eigenvalue weighted by Crippen LogP contribution is -2.24. The van der Waals surface area contributed by atoms with Gasteiger partial charge in [-0.25, -0.2) is 0 Å². The number of nitrogens with two attached hydrogens (primary N) is 3. The molecule has 0 saturated carbocycles. The molecule has 0 aromatic heterocycles. The average molecular weight is 178 g/mol. The normalized spacial score (nSPS) is 11.3. The van der Waals surface area contributed by atoms with Crippen LogP contribution in [0.5, 0.6) is 0 Å². The van der Waals surface area contributed by atoms with Crippen LogP contribution in [0.4, 0.5) is 11.4 Å². The molecule has 1 aromatic carbocycles. The number of nitrogen functional groups attached to an aromatic ring is 1. The van der Waals surface area contributed by atoms with Crippen LogP contribution in [0.15, 0.2) is 36.3 Å². The van der Waals surface area contributed by atoms with Gasteiger partial charge in [0.25, 0.3) is 0 Å². The minimum atomic E-state index is 0.470. The van der Waals surface area contributed by atoms with Crippen molar-refractivity contribution in [2.24, 2.45) is 11.5 Å². The zero-order chi connectivity index (χ0) is 9.84. The lowest BCUT2D eigenvalue weighted by Gasteiger charge is -2.20. The maximum Gasteiger partial charge on any atom is 0.119 e. The van der Waals surface area contributed by atoms with Gasteiger partial charge < -0.3 is 22.1 Å². The summed E-state index contributed by atoms with van der Waals surface area (Å²) >= 11 is 0. The van der Waals surface area contributed by atoms with Crippen LogP contribution in [0.1, 0.15) is 0 Å². The van der Waals surface area contributed by atoms with E-state index in [1.807, 2.05) is 31.3 Å². The van der Waals surface area contributed by atoms with Crippen LogP contribution in [-0.4, -0.2) is 7.05 Å². The Bertz CT molecular complexity index is 319. The molecule has 1 aromatic rings. The van der Waals surface area contributed by atoms with Crippen molar-refractivity contribution in [3.63, 3.8) is 0 Å². The second-order valence-corrected chi connectivity index (χ2v) is 2.71. The number of rotatable bonds is 2. The average Bonchev–Trinajstić information content (AvgIpc) is 2.16. The van der Waals surface area contributed by atoms with E-state index in [4.69, 9.17) is 17.2 Å². The fourth-order valence-electron chi connectivity index (χ4n) is 1.04. The summed E-state index contributed by atoms with van der Waals surface area (Å²) < 4.78 is 0. The molecule has 6 N–H and O–H groups in total. The van der Waals surface area contributed by atoms with Gasteiger partial charge >= 0.3 is 0 Å². The molecule has 0 atom stereocenters. The van der Waals surface area contributed by atoms with Crippen LogP contribution in [0.3, 0.4) is 0 Å². The van der Waals surface area contributed by atoms with Gasteiger partial charge in [0.15, 0.2) is 0 Å². The quantitative estimate of drug-likeness (QED) is 0.573. The topological polar surface area (TPSA) is 81.3 Å². The van der Waals surface area contributed by atoms with E-state index in [1.165, 1.54) is 6.20 Å². The van der Waals surface area contributed by atoms with Crippen molar-refractivity contribution in [1.29, 1.82) is 0 Å². The van der Waals surface area contributed by atoms with E-state index in [-0.39, 0.29) is 0 Å². The summed E-state index contributed by atoms with van der Waals surface area (Å²) in [6, 6.07) is 7.46. The smallest absolute Gasteiger partial charge is 0.119 e. The third-order valence-corrected chi connectivity index (χ3v) is 1.86. The first-order valence-electron chi connectivity index (χ1n) is 3.92. The Labute approximate surface area is 77.6 Å². The Kier molecular flexibility index (Phi) is 2.64. The van der Waals surface area contributed by atoms with Gasteiger partial charge in [-0.3, -0.25) is 0 Å². The minimum Gasteiger partial charge on any atom is -0.402 e. The van der Waals surface area contributed by atoms with Gasteiger partial charge in [-0.15, -0.1) is 0 Å². The lowest BCUT2D eigenvalue weighted by atomic mass is 10.2. The van der Waals surface area contributed by atoms with Gasteiger partial charge in [0.1, 0.15) is 5.82 Å². The van der Waals surface area contributed by atoms with Crippen molar-refractivity contribution in [2.75, 3.05) is 17.7 Å². The van der Waals surface area contributed by atoms with Crippen LogP contribution in [-0.2, 0) is 0 Å². The molecule has 0 bridgehead atoms. The monoisotopic (exact) mass is 178 g/mol. The van der Waals surface area contributed by atoms with Crippen molar-refractivity contribution in [3.05, 3.63) is 36.3 Å². The molecule has 13 heavy (non-hydrogen) atoms. The van der Waals surface area contributed by atoms with Crippen molar-refractivity contribution in [2.45, 2.75) is 0 Å². The van der Waals surface area contributed by atoms with Gasteiger partial charge in [0.2, 0.25) is 0 Å². The summed E-state index contributed by atoms with van der Waals surface area (Å²) in [6.45, 7) is 0. The first kappa shape index (κ1) is 9.25. The molecular formula is C9H14N4. The lowest BCUT2D eigenvalue weighted by molar-refractivity contribution is 1.05. The van der Waals surface area contributed by atoms with Crippen LogP contribution in [0.25, 0.3) is 0 Å². The molecule has 0 amide bonds. The number of hydrogen-bond acceptors (Lipinski definition) is 4. The third-order valence-electron chi connectivity index (χ3n) is 1.86. The number of para-hydroxylation sites is 2. The molecule has 0 radical (unpaired) electrons. The SMILES string of the molecule is CN(/C(N)=C/N)c1ccccc1N. The zero-order valence-corrected chi connectivity index (χ0v) is 7.57. The molecule has 0 aliphatic rings. The highest BCUT2D eigenvalue weighted by Gasteiger charge is 2.05. The molecule has 0 saturated heterocycles. The number of anilines is 2. The Morgan fingerprint density at radius 2 is 2.00 bits per heavy atom. The molecule has 0 fully saturated rings. The minimum absolute atomic E-state index is 0.470. The van der Waals surface area contributed by atoms with E-state index < -0.39 is 0 Å². The highest BCUT2D eigenvalue weighted by Crippen LogP contribution is 2.22. The highest BCUT2D eigenvalue weighted by molar-refractivity contribution is 5.68. The second kappa shape index (κ2) is 3.71. The third kappa shape index (κ3) is 1.84. The predicted octanol–water partition coefficient (Wildman–Crippen LogP) is 0.421. The summed E-state index contributed by atoms with van der Waals surface area (Å²) in [7, 11) is 1.81. The molecule has 0 heterocycles. The summed E-state index contributed by atoms with van der Waals surface area (Å²) in [5, 5.41) is 0. The molecule has 1 rings (SSSR count). The predicted molar refractivity (Wildman–Crippen MR) is 55.7 cm³/mol. The molecule has 4 nitrogen and oxygen atoms in total. The molecule has 4 heteroatoms. The van der Waals surface area contributed by atoms with Gasteiger partial charge in [0.05, 0.1) is 11.4 Å². The van der Waals surface area contributed by atoms with Crippen molar-refractivity contribution >= 4 is 11.4 Å². The van der Waals surface area contributed by atoms with Gasteiger partial charge in [-0.05, 0) is 12.1 Å². The Morgan fingerprint density at radius 1 is 1.38 bits per heavy atom. The molecule has 70 valence electrons. The maximum atomic E-state index is 5.75. The van der Waals surface area contributed by atoms with Gasteiger partial charge in [-0.2, -0.15) is 0 Å². The van der Waals surface area contributed by atoms with Crippen LogP contribution < -0.4 is 22.1 Å². The van der Waals surface area contributed by atoms with Crippen molar-refractivity contribution in [1.82, 2.24) is 0 Å². The summed E-state index contributed by atoms with van der Waals surface area (Å²) in [6.07, 6.45) is 1.34. The standard InChI is InChI=1S/C9H14N4/c1-13(9(12)6-10)8-5-3-2-4-7(8)11/h2-6H,10-12H2,1H3/b9-6+. The van der Waals surface area contributed by atoms with Crippen LogP contribution in [0, 0.1) is 0 Å². The molecule has 0 spiro atoms. The second-order valence-electron chi connectivity index (χ2n) is 2.71. The van der Waals surface area contributed by atoms with Gasteiger partial charge in [0, 0.05) is 13.2 Å². The molecule has 0 unspecified atom stereocenters. The van der Waals surface area contributed by atoms with E-state index >= 15 is 0 Å². The fourth-order valence-corrected chi connectivity index (χ4v) is 1.04. The first-order chi connectivity index (χ1) is 6.16. The van der Waals surface area contributed by atoms with E-state index in [2.05, 4.69) is 0 Å². The van der Waals surface area contributed by atoms with Crippen molar-refractivity contribution in [3.8, 4) is 0 Å². The van der Waals surface area contributed by atoms with Crippen LogP contribution >= 0.6 is 0 Å². The maximum absolute atomic E-state index is 5.75. The fraction of sp³-hybridized carbons (Fsp3) is 0.111. The number of benzene rings is 1. The first-order valence-corrected chi connectivity index (χ1v) is 3.92. The van der Waals surface area contributed by atoms with Crippen LogP contribution in [0.2, 0.25) is 0 Å². The molecule has 0 aliphatic carbocycles. The number of nitrogens with zero attached hydrogens (tertiary/aromatic N) is 1. The molecular weight excluding hydrogens is 164 g/mol. The van der Waals surface area contributed by atoms with Crippen molar-refractivity contribution < 1.29 is 0 Å². The summed E-state index contributed by atoms with van der Waals surface area (Å²) in [5.41, 5.74) is 18.2.